The van der Waals surface area contributed by atoms with Gasteiger partial charge in [0, 0.05) is 19.0 Å². The van der Waals surface area contributed by atoms with Crippen LogP contribution in [0.4, 0.5) is 0 Å². The van der Waals surface area contributed by atoms with E-state index in [2.05, 4.69) is 6.58 Å². The summed E-state index contributed by atoms with van der Waals surface area (Å²) < 4.78 is 0. The SMILES string of the molecule is C=CCN1CC2CC2C1=O. The molecule has 0 aromatic heterocycles. The summed E-state index contributed by atoms with van der Waals surface area (Å²) >= 11 is 0. The van der Waals surface area contributed by atoms with Crippen LogP contribution in [-0.4, -0.2) is 23.9 Å². The number of hydrogen-bond donors (Lipinski definition) is 0. The van der Waals surface area contributed by atoms with Crippen molar-refractivity contribution in [1.29, 1.82) is 0 Å². The van der Waals surface area contributed by atoms with E-state index in [1.54, 1.807) is 6.08 Å². The Labute approximate surface area is 60.5 Å². The number of carbonyl (C=O) groups excluding carboxylic acids is 1. The average Bonchev–Trinajstić information content (AvgIpc) is 2.60. The second kappa shape index (κ2) is 1.84. The maximum absolute atomic E-state index is 11.2. The monoisotopic (exact) mass is 137 g/mol. The van der Waals surface area contributed by atoms with Crippen molar-refractivity contribution >= 4 is 5.91 Å². The molecule has 10 heavy (non-hydrogen) atoms. The van der Waals surface area contributed by atoms with Crippen LogP contribution in [0.15, 0.2) is 12.7 Å². The highest BCUT2D eigenvalue weighted by molar-refractivity contribution is 5.84. The summed E-state index contributed by atoms with van der Waals surface area (Å²) in [4.78, 5) is 13.1. The van der Waals surface area contributed by atoms with E-state index >= 15 is 0 Å². The number of piperidine rings is 1. The molecule has 1 amide bonds. The molecule has 1 aliphatic heterocycles. The fourth-order valence-corrected chi connectivity index (χ4v) is 1.68. The lowest BCUT2D eigenvalue weighted by atomic mass is 10.4. The summed E-state index contributed by atoms with van der Waals surface area (Å²) in [6, 6.07) is 0. The Morgan fingerprint density at radius 1 is 1.80 bits per heavy atom. The number of hydrogen-bond acceptors (Lipinski definition) is 1. The minimum atomic E-state index is 0.352. The van der Waals surface area contributed by atoms with E-state index < -0.39 is 0 Å². The van der Waals surface area contributed by atoms with E-state index in [0.717, 1.165) is 19.5 Å². The zero-order valence-electron chi connectivity index (χ0n) is 5.92. The number of fused-ring (bicyclic) bond motifs is 1. The molecule has 2 atom stereocenters. The molecule has 1 aliphatic carbocycles. The lowest BCUT2D eigenvalue weighted by molar-refractivity contribution is -0.129. The van der Waals surface area contributed by atoms with Crippen LogP contribution in [0.2, 0.25) is 0 Å². The summed E-state index contributed by atoms with van der Waals surface area (Å²) in [5, 5.41) is 0. The van der Waals surface area contributed by atoms with Gasteiger partial charge in [0.05, 0.1) is 0 Å². The largest absolute Gasteiger partial charge is 0.338 e. The maximum atomic E-state index is 11.2. The van der Waals surface area contributed by atoms with Gasteiger partial charge in [0.1, 0.15) is 0 Å². The summed E-state index contributed by atoms with van der Waals surface area (Å²) in [5.74, 6) is 1.46. The van der Waals surface area contributed by atoms with Crippen molar-refractivity contribution in [2.45, 2.75) is 6.42 Å². The van der Waals surface area contributed by atoms with Crippen LogP contribution in [0.3, 0.4) is 0 Å². The van der Waals surface area contributed by atoms with Gasteiger partial charge in [0.25, 0.3) is 0 Å². The molecule has 2 heteroatoms. The molecule has 0 aromatic carbocycles. The molecule has 0 bridgehead atoms. The Hall–Kier alpha value is -0.790. The first-order valence-electron chi connectivity index (χ1n) is 3.72. The van der Waals surface area contributed by atoms with Crippen molar-refractivity contribution in [2.75, 3.05) is 13.1 Å². The lowest BCUT2D eigenvalue weighted by Crippen LogP contribution is -2.28. The Morgan fingerprint density at radius 3 is 3.10 bits per heavy atom. The van der Waals surface area contributed by atoms with E-state index in [9.17, 15) is 4.79 Å². The van der Waals surface area contributed by atoms with Crippen LogP contribution < -0.4 is 0 Å². The molecule has 0 radical (unpaired) electrons. The molecule has 0 spiro atoms. The van der Waals surface area contributed by atoms with Gasteiger partial charge in [0.15, 0.2) is 0 Å². The van der Waals surface area contributed by atoms with Crippen molar-refractivity contribution in [3.05, 3.63) is 12.7 Å². The average molecular weight is 137 g/mol. The number of nitrogens with zero attached hydrogens (tertiary/aromatic N) is 1. The first kappa shape index (κ1) is 5.96. The molecule has 2 aliphatic rings. The minimum absolute atomic E-state index is 0.352. The fourth-order valence-electron chi connectivity index (χ4n) is 1.68. The van der Waals surface area contributed by atoms with Gasteiger partial charge in [-0.3, -0.25) is 4.79 Å². The van der Waals surface area contributed by atoms with Crippen molar-refractivity contribution in [3.63, 3.8) is 0 Å². The highest BCUT2D eigenvalue weighted by Crippen LogP contribution is 2.45. The summed E-state index contributed by atoms with van der Waals surface area (Å²) in [7, 11) is 0. The number of rotatable bonds is 2. The molecule has 2 fully saturated rings. The molecule has 1 saturated heterocycles. The van der Waals surface area contributed by atoms with E-state index in [4.69, 9.17) is 0 Å². The molecule has 1 heterocycles. The van der Waals surface area contributed by atoms with Crippen LogP contribution in [-0.2, 0) is 4.79 Å². The predicted molar refractivity (Wildman–Crippen MR) is 38.4 cm³/mol. The van der Waals surface area contributed by atoms with Gasteiger partial charge < -0.3 is 4.90 Å². The third-order valence-electron chi connectivity index (χ3n) is 2.36. The highest BCUT2D eigenvalue weighted by Gasteiger charge is 2.51. The lowest BCUT2D eigenvalue weighted by Gasteiger charge is -2.14. The molecule has 0 aromatic rings. The van der Waals surface area contributed by atoms with Gasteiger partial charge in [-0.25, -0.2) is 0 Å². The topological polar surface area (TPSA) is 20.3 Å². The van der Waals surface area contributed by atoms with Crippen LogP contribution in [0.1, 0.15) is 6.42 Å². The Morgan fingerprint density at radius 2 is 2.60 bits per heavy atom. The third kappa shape index (κ3) is 0.681. The normalized spacial score (nSPS) is 36.0. The maximum Gasteiger partial charge on any atom is 0.226 e. The van der Waals surface area contributed by atoms with Crippen LogP contribution in [0, 0.1) is 11.8 Å². The van der Waals surface area contributed by atoms with Crippen molar-refractivity contribution in [2.24, 2.45) is 11.8 Å². The molecule has 54 valence electrons. The summed E-state index contributed by atoms with van der Waals surface area (Å²) in [6.45, 7) is 5.33. The number of amides is 1. The van der Waals surface area contributed by atoms with Gasteiger partial charge in [0.2, 0.25) is 5.91 Å². The van der Waals surface area contributed by atoms with Gasteiger partial charge in [-0.1, -0.05) is 6.08 Å². The molecule has 2 unspecified atom stereocenters. The zero-order valence-corrected chi connectivity index (χ0v) is 5.92. The molecule has 2 rings (SSSR count). The fraction of sp³-hybridized carbons (Fsp3) is 0.625. The molecular weight excluding hydrogens is 126 g/mol. The second-order valence-electron chi connectivity index (χ2n) is 3.13. The molecule has 1 saturated carbocycles. The molecular formula is C8H11NO. The van der Waals surface area contributed by atoms with Crippen molar-refractivity contribution in [1.82, 2.24) is 4.90 Å². The molecule has 2 nitrogen and oxygen atoms in total. The van der Waals surface area contributed by atoms with E-state index in [0.29, 0.717) is 17.7 Å². The third-order valence-corrected chi connectivity index (χ3v) is 2.36. The highest BCUT2D eigenvalue weighted by atomic mass is 16.2. The minimum Gasteiger partial charge on any atom is -0.338 e. The van der Waals surface area contributed by atoms with Gasteiger partial charge in [-0.15, -0.1) is 6.58 Å². The summed E-state index contributed by atoms with van der Waals surface area (Å²) in [6.07, 6.45) is 2.94. The Kier molecular flexibility index (Phi) is 1.10. The van der Waals surface area contributed by atoms with E-state index in [1.165, 1.54) is 0 Å². The summed E-state index contributed by atoms with van der Waals surface area (Å²) in [5.41, 5.74) is 0. The Bertz CT molecular complexity index is 188. The quantitative estimate of drug-likeness (QED) is 0.512. The van der Waals surface area contributed by atoms with Crippen LogP contribution >= 0.6 is 0 Å². The second-order valence-corrected chi connectivity index (χ2v) is 3.13. The first-order chi connectivity index (χ1) is 4.83. The first-order valence-corrected chi connectivity index (χ1v) is 3.72. The van der Waals surface area contributed by atoms with Crippen LogP contribution in [0.25, 0.3) is 0 Å². The number of carbonyl (C=O) groups is 1. The van der Waals surface area contributed by atoms with Crippen LogP contribution in [0.5, 0.6) is 0 Å². The van der Waals surface area contributed by atoms with Gasteiger partial charge >= 0.3 is 0 Å². The smallest absolute Gasteiger partial charge is 0.226 e. The number of likely N-dealkylation sites (tertiary alicyclic amines) is 1. The van der Waals surface area contributed by atoms with Crippen molar-refractivity contribution < 1.29 is 4.79 Å². The predicted octanol–water partition coefficient (Wildman–Crippen LogP) is 0.651. The zero-order chi connectivity index (χ0) is 7.14. The van der Waals surface area contributed by atoms with E-state index in [-0.39, 0.29) is 0 Å². The molecule has 0 N–H and O–H groups in total. The standard InChI is InChI=1S/C8H11NO/c1-2-3-9-5-6-4-7(6)8(9)10/h2,6-7H,1,3-5H2. The van der Waals surface area contributed by atoms with Gasteiger partial charge in [-0.2, -0.15) is 0 Å². The van der Waals surface area contributed by atoms with Crippen molar-refractivity contribution in [3.8, 4) is 0 Å². The Balaban J connectivity index is 2.00. The van der Waals surface area contributed by atoms with E-state index in [1.807, 2.05) is 4.90 Å². The van der Waals surface area contributed by atoms with Gasteiger partial charge in [-0.05, 0) is 12.3 Å².